The van der Waals surface area contributed by atoms with Gasteiger partial charge in [0.25, 0.3) is 0 Å². The molecule has 1 unspecified atom stereocenters. The Labute approximate surface area is 116 Å². The number of para-hydroxylation sites is 1. The van der Waals surface area contributed by atoms with E-state index in [1.54, 1.807) is 0 Å². The first-order valence-corrected chi connectivity index (χ1v) is 7.50. The second kappa shape index (κ2) is 6.69. The number of rotatable bonds is 6. The third-order valence-electron chi connectivity index (χ3n) is 4.02. The molecule has 0 aromatic heterocycles. The van der Waals surface area contributed by atoms with E-state index in [2.05, 4.69) is 19.2 Å². The predicted molar refractivity (Wildman–Crippen MR) is 81.7 cm³/mol. The first-order chi connectivity index (χ1) is 9.22. The molecule has 1 aliphatic carbocycles. The van der Waals surface area contributed by atoms with Gasteiger partial charge in [-0.3, -0.25) is 0 Å². The van der Waals surface area contributed by atoms with Crippen molar-refractivity contribution in [3.63, 3.8) is 0 Å². The third-order valence-corrected chi connectivity index (χ3v) is 4.02. The van der Waals surface area contributed by atoms with Gasteiger partial charge in [0.15, 0.2) is 0 Å². The summed E-state index contributed by atoms with van der Waals surface area (Å²) < 4.78 is 5.67. The summed E-state index contributed by atoms with van der Waals surface area (Å²) in [6.07, 6.45) is 6.40. The highest BCUT2D eigenvalue weighted by Gasteiger charge is 2.22. The molecule has 0 spiro atoms. The second-order valence-electron chi connectivity index (χ2n) is 5.54. The maximum Gasteiger partial charge on any atom is 0.144 e. The van der Waals surface area contributed by atoms with Crippen molar-refractivity contribution in [2.75, 3.05) is 17.7 Å². The van der Waals surface area contributed by atoms with Crippen LogP contribution >= 0.6 is 0 Å². The molecule has 1 atom stereocenters. The zero-order valence-electron chi connectivity index (χ0n) is 12.1. The van der Waals surface area contributed by atoms with Crippen LogP contribution in [0, 0.1) is 5.92 Å². The maximum absolute atomic E-state index is 6.18. The van der Waals surface area contributed by atoms with Crippen molar-refractivity contribution in [1.29, 1.82) is 0 Å². The summed E-state index contributed by atoms with van der Waals surface area (Å²) in [6, 6.07) is 6.47. The lowest BCUT2D eigenvalue weighted by Gasteiger charge is -2.23. The molecule has 1 aromatic carbocycles. The van der Waals surface area contributed by atoms with E-state index in [1.165, 1.54) is 25.7 Å². The average molecular weight is 262 g/mol. The largest absolute Gasteiger partial charge is 0.491 e. The maximum atomic E-state index is 6.18. The number of hydrogen-bond acceptors (Lipinski definition) is 3. The summed E-state index contributed by atoms with van der Waals surface area (Å²) >= 11 is 0. The minimum absolute atomic E-state index is 0.478. The van der Waals surface area contributed by atoms with Crippen LogP contribution in [0.1, 0.15) is 46.0 Å². The van der Waals surface area contributed by atoms with Crippen LogP contribution in [0.25, 0.3) is 0 Å². The van der Waals surface area contributed by atoms with Crippen LogP contribution < -0.4 is 15.8 Å². The first-order valence-electron chi connectivity index (χ1n) is 7.50. The Morgan fingerprint density at radius 3 is 2.79 bits per heavy atom. The van der Waals surface area contributed by atoms with E-state index in [0.717, 1.165) is 29.5 Å². The fourth-order valence-electron chi connectivity index (χ4n) is 2.83. The van der Waals surface area contributed by atoms with Crippen molar-refractivity contribution in [1.82, 2.24) is 0 Å². The standard InChI is InChI=1S/C16H26N2O/c1-3-11-19-15-10-6-9-14(16(15)17)18-12(2)13-7-4-5-8-13/h6,9-10,12-13,18H,3-5,7-8,11,17H2,1-2H3. The summed E-state index contributed by atoms with van der Waals surface area (Å²) in [5.74, 6) is 1.57. The zero-order chi connectivity index (χ0) is 13.7. The molecule has 106 valence electrons. The smallest absolute Gasteiger partial charge is 0.144 e. The molecule has 0 bridgehead atoms. The lowest BCUT2D eigenvalue weighted by Crippen LogP contribution is -2.24. The number of nitrogens with one attached hydrogen (secondary N) is 1. The molecule has 1 aromatic rings. The van der Waals surface area contributed by atoms with Crippen molar-refractivity contribution < 1.29 is 4.74 Å². The number of nitrogens with two attached hydrogens (primary N) is 1. The zero-order valence-corrected chi connectivity index (χ0v) is 12.1. The summed E-state index contributed by atoms with van der Waals surface area (Å²) in [7, 11) is 0. The van der Waals surface area contributed by atoms with Crippen LogP contribution in [0.2, 0.25) is 0 Å². The Morgan fingerprint density at radius 2 is 2.11 bits per heavy atom. The number of hydrogen-bond donors (Lipinski definition) is 2. The van der Waals surface area contributed by atoms with Crippen LogP contribution in [0.4, 0.5) is 11.4 Å². The van der Waals surface area contributed by atoms with Gasteiger partial charge in [-0.1, -0.05) is 25.8 Å². The molecule has 3 N–H and O–H groups in total. The quantitative estimate of drug-likeness (QED) is 0.760. The van der Waals surface area contributed by atoms with Gasteiger partial charge in [-0.25, -0.2) is 0 Å². The van der Waals surface area contributed by atoms with Crippen LogP contribution in [0.3, 0.4) is 0 Å². The van der Waals surface area contributed by atoms with E-state index in [9.17, 15) is 0 Å². The SMILES string of the molecule is CCCOc1cccc(NC(C)C2CCCC2)c1N. The lowest BCUT2D eigenvalue weighted by molar-refractivity contribution is 0.319. The van der Waals surface area contributed by atoms with Crippen molar-refractivity contribution in [3.8, 4) is 5.75 Å². The number of nitrogen functional groups attached to an aromatic ring is 1. The van der Waals surface area contributed by atoms with Crippen molar-refractivity contribution >= 4 is 11.4 Å². The van der Waals surface area contributed by atoms with Gasteiger partial charge in [-0.05, 0) is 44.2 Å². The van der Waals surface area contributed by atoms with E-state index >= 15 is 0 Å². The Bertz CT molecular complexity index is 400. The molecule has 0 radical (unpaired) electrons. The molecule has 0 amide bonds. The highest BCUT2D eigenvalue weighted by Crippen LogP contribution is 2.33. The highest BCUT2D eigenvalue weighted by atomic mass is 16.5. The molecule has 2 rings (SSSR count). The van der Waals surface area contributed by atoms with Crippen LogP contribution in [0.15, 0.2) is 18.2 Å². The lowest BCUT2D eigenvalue weighted by atomic mass is 9.99. The molecule has 0 heterocycles. The Balaban J connectivity index is 2.02. The Kier molecular flexibility index (Phi) is 4.94. The number of benzene rings is 1. The van der Waals surface area contributed by atoms with Crippen molar-refractivity contribution in [3.05, 3.63) is 18.2 Å². The van der Waals surface area contributed by atoms with Gasteiger partial charge in [-0.15, -0.1) is 0 Å². The minimum atomic E-state index is 0.478. The van der Waals surface area contributed by atoms with Crippen molar-refractivity contribution in [2.45, 2.75) is 52.0 Å². The summed E-state index contributed by atoms with van der Waals surface area (Å²) in [6.45, 7) is 5.07. The molecule has 0 saturated heterocycles. The number of anilines is 2. The molecule has 0 aliphatic heterocycles. The normalized spacial score (nSPS) is 17.4. The van der Waals surface area contributed by atoms with Gasteiger partial charge >= 0.3 is 0 Å². The van der Waals surface area contributed by atoms with Crippen LogP contribution in [0.5, 0.6) is 5.75 Å². The van der Waals surface area contributed by atoms with Crippen LogP contribution in [-0.2, 0) is 0 Å². The Morgan fingerprint density at radius 1 is 1.37 bits per heavy atom. The molecule has 1 fully saturated rings. The Hall–Kier alpha value is -1.38. The third kappa shape index (κ3) is 3.55. The van der Waals surface area contributed by atoms with Gasteiger partial charge in [0.1, 0.15) is 5.75 Å². The molecule has 1 aliphatic rings. The van der Waals surface area contributed by atoms with E-state index in [0.29, 0.717) is 12.6 Å². The monoisotopic (exact) mass is 262 g/mol. The molecule has 1 saturated carbocycles. The summed E-state index contributed by atoms with van der Waals surface area (Å²) in [5, 5.41) is 3.56. The van der Waals surface area contributed by atoms with Gasteiger partial charge in [0, 0.05) is 6.04 Å². The van der Waals surface area contributed by atoms with Crippen LogP contribution in [-0.4, -0.2) is 12.6 Å². The average Bonchev–Trinajstić information content (AvgIpc) is 2.94. The molecular weight excluding hydrogens is 236 g/mol. The summed E-state index contributed by atoms with van der Waals surface area (Å²) in [5.41, 5.74) is 7.93. The molecule has 3 nitrogen and oxygen atoms in total. The van der Waals surface area contributed by atoms with Gasteiger partial charge in [0.05, 0.1) is 18.0 Å². The highest BCUT2D eigenvalue weighted by molar-refractivity contribution is 5.73. The van der Waals surface area contributed by atoms with Gasteiger partial charge < -0.3 is 15.8 Å². The number of ether oxygens (including phenoxy) is 1. The topological polar surface area (TPSA) is 47.3 Å². The molecule has 3 heteroatoms. The molecular formula is C16H26N2O. The molecule has 19 heavy (non-hydrogen) atoms. The van der Waals surface area contributed by atoms with Gasteiger partial charge in [-0.2, -0.15) is 0 Å². The fourth-order valence-corrected chi connectivity index (χ4v) is 2.83. The van der Waals surface area contributed by atoms with Gasteiger partial charge in [0.2, 0.25) is 0 Å². The van der Waals surface area contributed by atoms with Crippen molar-refractivity contribution in [2.24, 2.45) is 5.92 Å². The minimum Gasteiger partial charge on any atom is -0.491 e. The second-order valence-corrected chi connectivity index (χ2v) is 5.54. The van der Waals surface area contributed by atoms with E-state index in [-0.39, 0.29) is 0 Å². The summed E-state index contributed by atoms with van der Waals surface area (Å²) in [4.78, 5) is 0. The van der Waals surface area contributed by atoms with E-state index < -0.39 is 0 Å². The predicted octanol–water partition coefficient (Wildman–Crippen LogP) is 4.05. The van der Waals surface area contributed by atoms with E-state index in [4.69, 9.17) is 10.5 Å². The first kappa shape index (κ1) is 14.0. The fraction of sp³-hybridized carbons (Fsp3) is 0.625. The van der Waals surface area contributed by atoms with E-state index in [1.807, 2.05) is 18.2 Å².